The van der Waals surface area contributed by atoms with E-state index in [1.807, 2.05) is 0 Å². The van der Waals surface area contributed by atoms with Crippen molar-refractivity contribution in [3.05, 3.63) is 71.4 Å². The Morgan fingerprint density at radius 3 is 2.44 bits per heavy atom. The highest BCUT2D eigenvalue weighted by Gasteiger charge is 2.36. The van der Waals surface area contributed by atoms with Crippen molar-refractivity contribution in [3.8, 4) is 11.6 Å². The van der Waals surface area contributed by atoms with Crippen LogP contribution >= 0.6 is 11.6 Å². The van der Waals surface area contributed by atoms with Crippen molar-refractivity contribution < 1.29 is 17.9 Å². The Morgan fingerprint density at radius 1 is 1.00 bits per heavy atom. The molecule has 3 aromatic rings. The van der Waals surface area contributed by atoms with Crippen molar-refractivity contribution in [1.82, 2.24) is 9.97 Å². The summed E-state index contributed by atoms with van der Waals surface area (Å²) in [4.78, 5) is 7.56. The number of para-hydroxylation sites is 1. The topological polar surface area (TPSA) is 47.0 Å². The summed E-state index contributed by atoms with van der Waals surface area (Å²) in [5.41, 5.74) is -0.522. The second-order valence-electron chi connectivity index (χ2n) is 4.96. The molecule has 0 radical (unpaired) electrons. The molecule has 8 heteroatoms. The summed E-state index contributed by atoms with van der Waals surface area (Å²) < 4.78 is 44.8. The van der Waals surface area contributed by atoms with E-state index in [0.29, 0.717) is 16.9 Å². The standard InChI is InChI=1S/C17H11ClF3N3O/c18-11-5-4-6-12(9-11)23-16-22-10-14(17(19,20)21)15(24-16)25-13-7-2-1-3-8-13/h1-10H,(H,22,23,24). The Kier molecular flexibility index (Phi) is 4.76. The third-order valence-corrected chi connectivity index (χ3v) is 3.33. The van der Waals surface area contributed by atoms with Crippen LogP contribution < -0.4 is 10.1 Å². The minimum absolute atomic E-state index is 0.0406. The van der Waals surface area contributed by atoms with E-state index in [9.17, 15) is 13.2 Å². The summed E-state index contributed by atoms with van der Waals surface area (Å²) >= 11 is 5.88. The maximum Gasteiger partial charge on any atom is 0.423 e. The third kappa shape index (κ3) is 4.39. The lowest BCUT2D eigenvalue weighted by molar-refractivity contribution is -0.139. The molecule has 0 aliphatic rings. The fraction of sp³-hybridized carbons (Fsp3) is 0.0588. The number of nitrogens with one attached hydrogen (secondary N) is 1. The van der Waals surface area contributed by atoms with E-state index in [-0.39, 0.29) is 11.7 Å². The number of anilines is 2. The van der Waals surface area contributed by atoms with Gasteiger partial charge in [-0.3, -0.25) is 0 Å². The minimum Gasteiger partial charge on any atom is -0.438 e. The van der Waals surface area contributed by atoms with Crippen molar-refractivity contribution >= 4 is 23.2 Å². The van der Waals surface area contributed by atoms with Gasteiger partial charge in [-0.05, 0) is 30.3 Å². The van der Waals surface area contributed by atoms with Gasteiger partial charge < -0.3 is 10.1 Å². The fourth-order valence-corrected chi connectivity index (χ4v) is 2.18. The molecule has 0 amide bonds. The molecule has 0 saturated carbocycles. The molecule has 0 bridgehead atoms. The highest BCUT2D eigenvalue weighted by Crippen LogP contribution is 2.37. The summed E-state index contributed by atoms with van der Waals surface area (Å²) in [6.45, 7) is 0. The van der Waals surface area contributed by atoms with E-state index in [1.54, 1.807) is 42.5 Å². The fourth-order valence-electron chi connectivity index (χ4n) is 1.99. The summed E-state index contributed by atoms with van der Waals surface area (Å²) in [5.74, 6) is -0.389. The lowest BCUT2D eigenvalue weighted by Crippen LogP contribution is -2.10. The molecule has 3 rings (SSSR count). The van der Waals surface area contributed by atoms with Gasteiger partial charge in [-0.2, -0.15) is 18.2 Å². The van der Waals surface area contributed by atoms with E-state index < -0.39 is 17.6 Å². The quantitative estimate of drug-likeness (QED) is 0.645. The van der Waals surface area contributed by atoms with Gasteiger partial charge in [0.25, 0.3) is 0 Å². The van der Waals surface area contributed by atoms with E-state index in [0.717, 1.165) is 0 Å². The highest BCUT2D eigenvalue weighted by atomic mass is 35.5. The number of hydrogen-bond acceptors (Lipinski definition) is 4. The Hall–Kier alpha value is -2.80. The van der Waals surface area contributed by atoms with Crippen molar-refractivity contribution in [1.29, 1.82) is 0 Å². The predicted molar refractivity (Wildman–Crippen MR) is 88.3 cm³/mol. The Morgan fingerprint density at radius 2 is 1.76 bits per heavy atom. The van der Waals surface area contributed by atoms with Crippen LogP contribution in [0.1, 0.15) is 5.56 Å². The number of halogens is 4. The van der Waals surface area contributed by atoms with Gasteiger partial charge in [0, 0.05) is 16.9 Å². The number of ether oxygens (including phenoxy) is 1. The Labute approximate surface area is 146 Å². The second-order valence-corrected chi connectivity index (χ2v) is 5.40. The summed E-state index contributed by atoms with van der Waals surface area (Å²) in [5, 5.41) is 3.27. The van der Waals surface area contributed by atoms with Crippen molar-refractivity contribution in [2.45, 2.75) is 6.18 Å². The van der Waals surface area contributed by atoms with Crippen LogP contribution in [0.15, 0.2) is 60.8 Å². The predicted octanol–water partition coefficient (Wildman–Crippen LogP) is 5.68. The first-order valence-corrected chi connectivity index (χ1v) is 7.49. The minimum atomic E-state index is -4.64. The van der Waals surface area contributed by atoms with Gasteiger partial charge in [0.15, 0.2) is 0 Å². The number of nitrogens with zero attached hydrogens (tertiary/aromatic N) is 2. The molecule has 0 unspecified atom stereocenters. The number of aromatic nitrogens is 2. The first-order chi connectivity index (χ1) is 11.9. The molecular formula is C17H11ClF3N3O. The average molecular weight is 366 g/mol. The summed E-state index contributed by atoms with van der Waals surface area (Å²) in [6.07, 6.45) is -3.96. The first kappa shape index (κ1) is 17.0. The smallest absolute Gasteiger partial charge is 0.423 e. The lowest BCUT2D eigenvalue weighted by Gasteiger charge is -2.14. The monoisotopic (exact) mass is 365 g/mol. The summed E-state index contributed by atoms with van der Waals surface area (Å²) in [7, 11) is 0. The highest BCUT2D eigenvalue weighted by molar-refractivity contribution is 6.30. The molecule has 0 fully saturated rings. The van der Waals surface area contributed by atoms with E-state index in [2.05, 4.69) is 15.3 Å². The van der Waals surface area contributed by atoms with Crippen molar-refractivity contribution in [2.24, 2.45) is 0 Å². The number of alkyl halides is 3. The van der Waals surface area contributed by atoms with Crippen LogP contribution in [0.3, 0.4) is 0 Å². The van der Waals surface area contributed by atoms with Crippen LogP contribution in [0.5, 0.6) is 11.6 Å². The van der Waals surface area contributed by atoms with Crippen LogP contribution in [0.25, 0.3) is 0 Å². The van der Waals surface area contributed by atoms with Crippen LogP contribution in [0.2, 0.25) is 5.02 Å². The van der Waals surface area contributed by atoms with Crippen LogP contribution in [-0.4, -0.2) is 9.97 Å². The Balaban J connectivity index is 1.95. The van der Waals surface area contributed by atoms with Gasteiger partial charge in [-0.15, -0.1) is 0 Å². The Bertz CT molecular complexity index is 873. The average Bonchev–Trinajstić information content (AvgIpc) is 2.55. The van der Waals surface area contributed by atoms with E-state index in [1.165, 1.54) is 12.1 Å². The zero-order chi connectivity index (χ0) is 17.9. The molecule has 1 N–H and O–H groups in total. The molecule has 0 atom stereocenters. The summed E-state index contributed by atoms with van der Waals surface area (Å²) in [6, 6.07) is 14.7. The van der Waals surface area contributed by atoms with Gasteiger partial charge in [0.05, 0.1) is 0 Å². The number of rotatable bonds is 4. The van der Waals surface area contributed by atoms with Crippen molar-refractivity contribution in [2.75, 3.05) is 5.32 Å². The van der Waals surface area contributed by atoms with Gasteiger partial charge >= 0.3 is 6.18 Å². The molecule has 0 aliphatic heterocycles. The van der Waals surface area contributed by atoms with Crippen LogP contribution in [0, 0.1) is 0 Å². The van der Waals surface area contributed by atoms with Gasteiger partial charge in [-0.1, -0.05) is 35.9 Å². The van der Waals surface area contributed by atoms with E-state index >= 15 is 0 Å². The van der Waals surface area contributed by atoms with Gasteiger partial charge in [0.1, 0.15) is 11.3 Å². The molecule has 4 nitrogen and oxygen atoms in total. The maximum atomic E-state index is 13.2. The van der Waals surface area contributed by atoms with Crippen LogP contribution in [0.4, 0.5) is 24.8 Å². The zero-order valence-corrected chi connectivity index (χ0v) is 13.3. The molecule has 0 saturated heterocycles. The first-order valence-electron chi connectivity index (χ1n) is 7.11. The van der Waals surface area contributed by atoms with Crippen molar-refractivity contribution in [3.63, 3.8) is 0 Å². The van der Waals surface area contributed by atoms with Crippen LogP contribution in [-0.2, 0) is 6.18 Å². The molecule has 25 heavy (non-hydrogen) atoms. The SMILES string of the molecule is FC(F)(F)c1cnc(Nc2cccc(Cl)c2)nc1Oc1ccccc1. The van der Waals surface area contributed by atoms with E-state index in [4.69, 9.17) is 16.3 Å². The van der Waals surface area contributed by atoms with Gasteiger partial charge in [-0.25, -0.2) is 4.98 Å². The lowest BCUT2D eigenvalue weighted by atomic mass is 10.3. The number of hydrogen-bond donors (Lipinski definition) is 1. The largest absolute Gasteiger partial charge is 0.438 e. The molecule has 0 aliphatic carbocycles. The maximum absolute atomic E-state index is 13.2. The molecule has 1 heterocycles. The molecular weight excluding hydrogens is 355 g/mol. The van der Waals surface area contributed by atoms with Gasteiger partial charge in [0.2, 0.25) is 11.8 Å². The molecule has 2 aromatic carbocycles. The molecule has 1 aromatic heterocycles. The number of benzene rings is 2. The molecule has 0 spiro atoms. The zero-order valence-electron chi connectivity index (χ0n) is 12.6. The molecule has 128 valence electrons. The third-order valence-electron chi connectivity index (χ3n) is 3.10. The normalized spacial score (nSPS) is 11.2. The second kappa shape index (κ2) is 6.98.